The molecular weight excluding hydrogens is 262 g/mol. The second kappa shape index (κ2) is 4.90. The van der Waals surface area contributed by atoms with Crippen molar-refractivity contribution in [2.45, 2.75) is 6.61 Å². The molecule has 0 radical (unpaired) electrons. The summed E-state index contributed by atoms with van der Waals surface area (Å²) >= 11 is 0. The van der Waals surface area contributed by atoms with Gasteiger partial charge in [0.2, 0.25) is 0 Å². The topological polar surface area (TPSA) is 39.4 Å². The lowest BCUT2D eigenvalue weighted by Crippen LogP contribution is -1.96. The zero-order valence-corrected chi connectivity index (χ0v) is 11.3. The molecule has 0 aliphatic rings. The highest BCUT2D eigenvalue weighted by molar-refractivity contribution is 5.89. The minimum absolute atomic E-state index is 0.556. The van der Waals surface area contributed by atoms with E-state index in [2.05, 4.69) is 28.4 Å². The van der Waals surface area contributed by atoms with Crippen molar-refractivity contribution in [2.24, 2.45) is 0 Å². The number of fused-ring (bicyclic) bond motifs is 2. The molecule has 0 bridgehead atoms. The molecule has 2 heterocycles. The Morgan fingerprint density at radius 2 is 1.90 bits per heavy atom. The van der Waals surface area contributed by atoms with Gasteiger partial charge in [-0.15, -0.1) is 10.2 Å². The maximum atomic E-state index is 5.98. The van der Waals surface area contributed by atoms with Crippen molar-refractivity contribution in [2.75, 3.05) is 0 Å². The molecule has 4 aromatic rings. The molecule has 0 aliphatic heterocycles. The molecule has 0 unspecified atom stereocenters. The van der Waals surface area contributed by atoms with Crippen LogP contribution in [0.4, 0.5) is 0 Å². The second-order valence-corrected chi connectivity index (χ2v) is 4.90. The smallest absolute Gasteiger partial charge is 0.161 e. The van der Waals surface area contributed by atoms with Gasteiger partial charge in [0.15, 0.2) is 5.65 Å². The van der Waals surface area contributed by atoms with Crippen molar-refractivity contribution in [1.82, 2.24) is 14.6 Å². The summed E-state index contributed by atoms with van der Waals surface area (Å²) in [6, 6.07) is 18.2. The number of hydrogen-bond donors (Lipinski definition) is 0. The first-order valence-corrected chi connectivity index (χ1v) is 6.79. The van der Waals surface area contributed by atoms with Gasteiger partial charge >= 0.3 is 0 Å². The molecule has 4 nitrogen and oxygen atoms in total. The Bertz CT molecular complexity index is 900. The van der Waals surface area contributed by atoms with E-state index in [0.717, 1.165) is 27.7 Å². The van der Waals surface area contributed by atoms with Gasteiger partial charge in [-0.2, -0.15) is 0 Å². The van der Waals surface area contributed by atoms with Crippen LogP contribution in [0.25, 0.3) is 16.4 Å². The lowest BCUT2D eigenvalue weighted by Gasteiger charge is -2.09. The third kappa shape index (κ3) is 2.21. The van der Waals surface area contributed by atoms with Crippen LogP contribution in [0.5, 0.6) is 5.75 Å². The Labute approximate surface area is 121 Å². The zero-order valence-electron chi connectivity index (χ0n) is 11.3. The van der Waals surface area contributed by atoms with Crippen LogP contribution in [-0.2, 0) is 6.61 Å². The van der Waals surface area contributed by atoms with Gasteiger partial charge in [-0.1, -0.05) is 42.5 Å². The highest BCUT2D eigenvalue weighted by atomic mass is 16.5. The summed E-state index contributed by atoms with van der Waals surface area (Å²) in [6.45, 7) is 0.556. The van der Waals surface area contributed by atoms with Crippen molar-refractivity contribution < 1.29 is 4.74 Å². The fourth-order valence-corrected chi connectivity index (χ4v) is 2.42. The monoisotopic (exact) mass is 275 g/mol. The number of rotatable bonds is 3. The number of benzene rings is 2. The van der Waals surface area contributed by atoms with Gasteiger partial charge < -0.3 is 4.74 Å². The Hall–Kier alpha value is -2.88. The van der Waals surface area contributed by atoms with E-state index in [-0.39, 0.29) is 0 Å². The standard InChI is InChI=1S/C17H13N3O/c1-2-5-13(6-3-1)11-21-16-8-4-7-14-9-17-19-18-12-20(17)10-15(14)16/h1-10,12H,11H2. The number of pyridine rings is 1. The Morgan fingerprint density at radius 1 is 1.00 bits per heavy atom. The molecule has 0 amide bonds. The third-order valence-corrected chi connectivity index (χ3v) is 3.49. The van der Waals surface area contributed by atoms with E-state index in [1.54, 1.807) is 6.33 Å². The first kappa shape index (κ1) is 11.9. The van der Waals surface area contributed by atoms with Gasteiger partial charge in [-0.25, -0.2) is 0 Å². The first-order valence-electron chi connectivity index (χ1n) is 6.79. The van der Waals surface area contributed by atoms with Crippen molar-refractivity contribution in [1.29, 1.82) is 0 Å². The summed E-state index contributed by atoms with van der Waals surface area (Å²) in [6.07, 6.45) is 3.70. The minimum Gasteiger partial charge on any atom is -0.488 e. The molecule has 4 heteroatoms. The quantitative estimate of drug-likeness (QED) is 0.575. The Balaban J connectivity index is 1.74. The number of ether oxygens (including phenoxy) is 1. The fourth-order valence-electron chi connectivity index (χ4n) is 2.42. The summed E-state index contributed by atoms with van der Waals surface area (Å²) < 4.78 is 7.88. The number of nitrogens with zero attached hydrogens (tertiary/aromatic N) is 3. The van der Waals surface area contributed by atoms with Crippen LogP contribution in [-0.4, -0.2) is 14.6 Å². The van der Waals surface area contributed by atoms with Gasteiger partial charge in [0.1, 0.15) is 18.7 Å². The number of hydrogen-bond acceptors (Lipinski definition) is 3. The van der Waals surface area contributed by atoms with Gasteiger partial charge in [0, 0.05) is 11.6 Å². The molecule has 2 aromatic heterocycles. The molecule has 21 heavy (non-hydrogen) atoms. The summed E-state index contributed by atoms with van der Waals surface area (Å²) in [4.78, 5) is 0. The summed E-state index contributed by atoms with van der Waals surface area (Å²) in [7, 11) is 0. The molecule has 0 atom stereocenters. The van der Waals surface area contributed by atoms with Crippen molar-refractivity contribution in [3.8, 4) is 5.75 Å². The van der Waals surface area contributed by atoms with E-state index >= 15 is 0 Å². The van der Waals surface area contributed by atoms with Crippen LogP contribution < -0.4 is 4.74 Å². The van der Waals surface area contributed by atoms with Crippen molar-refractivity contribution in [3.63, 3.8) is 0 Å². The van der Waals surface area contributed by atoms with Gasteiger partial charge in [0.05, 0.1) is 0 Å². The Kier molecular flexibility index (Phi) is 2.78. The lowest BCUT2D eigenvalue weighted by atomic mass is 10.1. The average Bonchev–Trinajstić information content (AvgIpc) is 2.99. The van der Waals surface area contributed by atoms with Crippen molar-refractivity contribution in [3.05, 3.63) is 72.7 Å². The summed E-state index contributed by atoms with van der Waals surface area (Å²) in [5.74, 6) is 0.868. The van der Waals surface area contributed by atoms with E-state index in [0.29, 0.717) is 6.61 Å². The largest absolute Gasteiger partial charge is 0.488 e. The van der Waals surface area contributed by atoms with Crippen LogP contribution >= 0.6 is 0 Å². The van der Waals surface area contributed by atoms with Crippen LogP contribution in [0.2, 0.25) is 0 Å². The molecule has 0 aliphatic carbocycles. The molecule has 0 fully saturated rings. The van der Waals surface area contributed by atoms with Crippen LogP contribution in [0.3, 0.4) is 0 Å². The van der Waals surface area contributed by atoms with E-state index in [1.165, 1.54) is 0 Å². The predicted molar refractivity (Wildman–Crippen MR) is 81.3 cm³/mol. The molecule has 0 saturated carbocycles. The maximum absolute atomic E-state index is 5.98. The van der Waals surface area contributed by atoms with Crippen LogP contribution in [0.15, 0.2) is 67.1 Å². The van der Waals surface area contributed by atoms with Crippen LogP contribution in [0.1, 0.15) is 5.56 Å². The molecule has 0 saturated heterocycles. The first-order chi connectivity index (χ1) is 10.4. The lowest BCUT2D eigenvalue weighted by molar-refractivity contribution is 0.310. The van der Waals surface area contributed by atoms with E-state index in [4.69, 9.17) is 4.74 Å². The molecule has 4 rings (SSSR count). The van der Waals surface area contributed by atoms with Crippen molar-refractivity contribution >= 4 is 16.4 Å². The second-order valence-electron chi connectivity index (χ2n) is 4.90. The van der Waals surface area contributed by atoms with Gasteiger partial charge in [0.25, 0.3) is 0 Å². The van der Waals surface area contributed by atoms with Gasteiger partial charge in [-0.3, -0.25) is 4.40 Å². The molecule has 0 N–H and O–H groups in total. The van der Waals surface area contributed by atoms with Gasteiger partial charge in [-0.05, 0) is 23.1 Å². The highest BCUT2D eigenvalue weighted by Crippen LogP contribution is 2.26. The number of aromatic nitrogens is 3. The summed E-state index contributed by atoms with van der Waals surface area (Å²) in [5, 5.41) is 10.1. The zero-order chi connectivity index (χ0) is 14.1. The predicted octanol–water partition coefficient (Wildman–Crippen LogP) is 3.46. The molecular formula is C17H13N3O. The maximum Gasteiger partial charge on any atom is 0.161 e. The molecule has 2 aromatic carbocycles. The van der Waals surface area contributed by atoms with E-state index in [1.807, 2.05) is 47.0 Å². The van der Waals surface area contributed by atoms with Crippen LogP contribution in [0, 0.1) is 0 Å². The highest BCUT2D eigenvalue weighted by Gasteiger charge is 2.05. The molecule has 0 spiro atoms. The molecule has 102 valence electrons. The Morgan fingerprint density at radius 3 is 2.81 bits per heavy atom. The fraction of sp³-hybridized carbons (Fsp3) is 0.0588. The average molecular weight is 275 g/mol. The SMILES string of the molecule is c1ccc(COc2cccc3cc4nncn4cc23)cc1. The third-order valence-electron chi connectivity index (χ3n) is 3.49. The van der Waals surface area contributed by atoms with E-state index in [9.17, 15) is 0 Å². The van der Waals surface area contributed by atoms with E-state index < -0.39 is 0 Å². The normalized spacial score (nSPS) is 11.0. The minimum atomic E-state index is 0.556. The summed E-state index contributed by atoms with van der Waals surface area (Å²) in [5.41, 5.74) is 1.99.